The number of hydrogen-bond acceptors (Lipinski definition) is 2. The molecule has 0 aliphatic carbocycles. The molecule has 1 heterocycles. The van der Waals surface area contributed by atoms with Gasteiger partial charge in [-0.1, -0.05) is 13.3 Å². The quantitative estimate of drug-likeness (QED) is 0.933. The number of halogens is 2. The van der Waals surface area contributed by atoms with Gasteiger partial charge in [0.1, 0.15) is 17.7 Å². The van der Waals surface area contributed by atoms with Crippen LogP contribution in [0.1, 0.15) is 36.5 Å². The number of carboxylic acid groups (broad SMARTS) is 1. The maximum absolute atomic E-state index is 13.7. The Labute approximate surface area is 121 Å². The third kappa shape index (κ3) is 3.20. The van der Waals surface area contributed by atoms with Gasteiger partial charge in [-0.05, 0) is 30.9 Å². The molecule has 0 bridgehead atoms. The van der Waals surface area contributed by atoms with Crippen LogP contribution in [0.5, 0.6) is 0 Å². The lowest BCUT2D eigenvalue weighted by Gasteiger charge is -2.37. The summed E-state index contributed by atoms with van der Waals surface area (Å²) in [5.74, 6) is -3.29. The van der Waals surface area contributed by atoms with E-state index < -0.39 is 29.6 Å². The van der Waals surface area contributed by atoms with Gasteiger partial charge < -0.3 is 10.0 Å². The van der Waals surface area contributed by atoms with Crippen molar-refractivity contribution in [2.75, 3.05) is 6.54 Å². The molecule has 2 rings (SSSR count). The van der Waals surface area contributed by atoms with Gasteiger partial charge in [-0.15, -0.1) is 0 Å². The number of carbonyl (C=O) groups is 2. The van der Waals surface area contributed by atoms with Gasteiger partial charge in [-0.2, -0.15) is 0 Å². The van der Waals surface area contributed by atoms with E-state index in [2.05, 4.69) is 0 Å². The molecular weight excluding hydrogens is 280 g/mol. The van der Waals surface area contributed by atoms with Gasteiger partial charge in [0.15, 0.2) is 0 Å². The fourth-order valence-electron chi connectivity index (χ4n) is 2.70. The van der Waals surface area contributed by atoms with Crippen LogP contribution in [0.2, 0.25) is 0 Å². The number of hydrogen-bond donors (Lipinski definition) is 1. The van der Waals surface area contributed by atoms with Gasteiger partial charge in [0.25, 0.3) is 5.91 Å². The fourth-order valence-corrected chi connectivity index (χ4v) is 2.70. The monoisotopic (exact) mass is 297 g/mol. The minimum atomic E-state index is -1.09. The largest absolute Gasteiger partial charge is 0.480 e. The lowest BCUT2D eigenvalue weighted by Crippen LogP contribution is -2.50. The van der Waals surface area contributed by atoms with Crippen LogP contribution >= 0.6 is 0 Å². The van der Waals surface area contributed by atoms with Crippen molar-refractivity contribution in [3.63, 3.8) is 0 Å². The third-order valence-electron chi connectivity index (χ3n) is 4.00. The minimum absolute atomic E-state index is 0.244. The van der Waals surface area contributed by atoms with Crippen molar-refractivity contribution < 1.29 is 23.5 Å². The summed E-state index contributed by atoms with van der Waals surface area (Å²) in [6.07, 6.45) is 1.89. The zero-order valence-electron chi connectivity index (χ0n) is 11.7. The highest BCUT2D eigenvalue weighted by Crippen LogP contribution is 2.27. The Morgan fingerprint density at radius 2 is 2.10 bits per heavy atom. The number of aliphatic carboxylic acids is 1. The number of amides is 1. The molecule has 4 nitrogen and oxygen atoms in total. The van der Waals surface area contributed by atoms with Crippen LogP contribution in [0, 0.1) is 17.6 Å². The molecule has 1 fully saturated rings. The van der Waals surface area contributed by atoms with Crippen LogP contribution < -0.4 is 0 Å². The SMILES string of the molecule is CCC1CCN(C(=O)c2ccc(F)cc2F)C(C(=O)O)C1. The molecule has 1 aromatic rings. The summed E-state index contributed by atoms with van der Waals surface area (Å²) in [4.78, 5) is 24.9. The summed E-state index contributed by atoms with van der Waals surface area (Å²) < 4.78 is 26.6. The molecule has 2 atom stereocenters. The number of carbonyl (C=O) groups excluding carboxylic acids is 1. The molecule has 1 aliphatic rings. The second-order valence-electron chi connectivity index (χ2n) is 5.28. The molecule has 1 amide bonds. The van der Waals surface area contributed by atoms with E-state index >= 15 is 0 Å². The van der Waals surface area contributed by atoms with E-state index in [0.717, 1.165) is 18.6 Å². The molecule has 1 aliphatic heterocycles. The van der Waals surface area contributed by atoms with Crippen molar-refractivity contribution >= 4 is 11.9 Å². The molecule has 1 N–H and O–H groups in total. The van der Waals surface area contributed by atoms with Gasteiger partial charge in [-0.3, -0.25) is 4.79 Å². The standard InChI is InChI=1S/C15H17F2NO3/c1-2-9-5-6-18(13(7-9)15(20)21)14(19)11-4-3-10(16)8-12(11)17/h3-4,8-9,13H,2,5-7H2,1H3,(H,20,21). The van der Waals surface area contributed by atoms with Crippen LogP contribution in [0.3, 0.4) is 0 Å². The van der Waals surface area contributed by atoms with Gasteiger partial charge in [0, 0.05) is 12.6 Å². The zero-order chi connectivity index (χ0) is 15.6. The molecule has 1 aromatic carbocycles. The molecular formula is C15H17F2NO3. The molecule has 21 heavy (non-hydrogen) atoms. The Kier molecular flexibility index (Phi) is 4.55. The first-order valence-electron chi connectivity index (χ1n) is 6.92. The smallest absolute Gasteiger partial charge is 0.326 e. The molecule has 0 radical (unpaired) electrons. The average molecular weight is 297 g/mol. The van der Waals surface area contributed by atoms with E-state index in [4.69, 9.17) is 0 Å². The number of rotatable bonds is 3. The van der Waals surface area contributed by atoms with Gasteiger partial charge in [0.2, 0.25) is 0 Å². The van der Waals surface area contributed by atoms with Crippen LogP contribution in [-0.4, -0.2) is 34.5 Å². The highest BCUT2D eigenvalue weighted by atomic mass is 19.1. The second kappa shape index (κ2) is 6.20. The van der Waals surface area contributed by atoms with Crippen molar-refractivity contribution in [2.45, 2.75) is 32.2 Å². The summed E-state index contributed by atoms with van der Waals surface area (Å²) in [7, 11) is 0. The average Bonchev–Trinajstić information content (AvgIpc) is 2.46. The summed E-state index contributed by atoms with van der Waals surface area (Å²) in [6, 6.07) is 1.71. The Balaban J connectivity index is 2.26. The Bertz CT molecular complexity index is 562. The summed E-state index contributed by atoms with van der Waals surface area (Å²) >= 11 is 0. The van der Waals surface area contributed by atoms with Gasteiger partial charge >= 0.3 is 5.97 Å². The summed E-state index contributed by atoms with van der Waals surface area (Å²) in [5.41, 5.74) is -0.294. The number of likely N-dealkylation sites (tertiary alicyclic amines) is 1. The minimum Gasteiger partial charge on any atom is -0.480 e. The normalized spacial score (nSPS) is 22.1. The van der Waals surface area contributed by atoms with Gasteiger partial charge in [0.05, 0.1) is 5.56 Å². The van der Waals surface area contributed by atoms with E-state index in [1.807, 2.05) is 6.92 Å². The number of carboxylic acids is 1. The molecule has 0 aromatic heterocycles. The highest BCUT2D eigenvalue weighted by Gasteiger charge is 2.36. The fraction of sp³-hybridized carbons (Fsp3) is 0.467. The van der Waals surface area contributed by atoms with E-state index in [0.29, 0.717) is 18.9 Å². The predicted molar refractivity (Wildman–Crippen MR) is 71.8 cm³/mol. The maximum Gasteiger partial charge on any atom is 0.326 e. The topological polar surface area (TPSA) is 57.6 Å². The Morgan fingerprint density at radius 1 is 1.38 bits per heavy atom. The van der Waals surface area contributed by atoms with Crippen molar-refractivity contribution in [3.05, 3.63) is 35.4 Å². The molecule has 0 spiro atoms. The zero-order valence-corrected chi connectivity index (χ0v) is 11.7. The maximum atomic E-state index is 13.7. The van der Waals surface area contributed by atoms with Crippen LogP contribution in [-0.2, 0) is 4.79 Å². The van der Waals surface area contributed by atoms with E-state index in [-0.39, 0.29) is 18.0 Å². The van der Waals surface area contributed by atoms with Crippen LogP contribution in [0.15, 0.2) is 18.2 Å². The van der Waals surface area contributed by atoms with Gasteiger partial charge in [-0.25, -0.2) is 13.6 Å². The predicted octanol–water partition coefficient (Wildman–Crippen LogP) is 2.68. The first-order chi connectivity index (χ1) is 9.93. The van der Waals surface area contributed by atoms with E-state index in [9.17, 15) is 23.5 Å². The lowest BCUT2D eigenvalue weighted by atomic mass is 9.88. The molecule has 6 heteroatoms. The molecule has 2 unspecified atom stereocenters. The second-order valence-corrected chi connectivity index (χ2v) is 5.28. The van der Waals surface area contributed by atoms with Crippen molar-refractivity contribution in [2.24, 2.45) is 5.92 Å². The van der Waals surface area contributed by atoms with E-state index in [1.165, 1.54) is 4.90 Å². The van der Waals surface area contributed by atoms with Crippen LogP contribution in [0.4, 0.5) is 8.78 Å². The van der Waals surface area contributed by atoms with Crippen molar-refractivity contribution in [1.29, 1.82) is 0 Å². The van der Waals surface area contributed by atoms with Crippen molar-refractivity contribution in [3.8, 4) is 0 Å². The number of nitrogens with zero attached hydrogens (tertiary/aromatic N) is 1. The molecule has 0 saturated carbocycles. The first-order valence-corrected chi connectivity index (χ1v) is 6.92. The lowest BCUT2D eigenvalue weighted by molar-refractivity contribution is -0.144. The highest BCUT2D eigenvalue weighted by molar-refractivity contribution is 5.97. The first kappa shape index (κ1) is 15.4. The Morgan fingerprint density at radius 3 is 2.67 bits per heavy atom. The number of benzene rings is 1. The van der Waals surface area contributed by atoms with E-state index in [1.54, 1.807) is 0 Å². The number of piperidine rings is 1. The van der Waals surface area contributed by atoms with Crippen LogP contribution in [0.25, 0.3) is 0 Å². The summed E-state index contributed by atoms with van der Waals surface area (Å²) in [6.45, 7) is 2.24. The Hall–Kier alpha value is -1.98. The van der Waals surface area contributed by atoms with Crippen molar-refractivity contribution in [1.82, 2.24) is 4.90 Å². The molecule has 1 saturated heterocycles. The molecule has 114 valence electrons. The summed E-state index contributed by atoms with van der Waals surface area (Å²) in [5, 5.41) is 9.28. The third-order valence-corrected chi connectivity index (χ3v) is 4.00.